The number of amides is 3. The molecule has 3 amide bonds. The number of hydrogen-bond donors (Lipinski definition) is 2. The number of H-pyrrole nitrogens is 1. The van der Waals surface area contributed by atoms with Crippen molar-refractivity contribution in [2.75, 3.05) is 13.7 Å². The smallest absolute Gasteiger partial charge is 0.329 e. The molecule has 0 bridgehead atoms. The molecule has 10 nitrogen and oxygen atoms in total. The van der Waals surface area contributed by atoms with Crippen molar-refractivity contribution >= 4 is 24.0 Å². The summed E-state index contributed by atoms with van der Waals surface area (Å²) in [5.74, 6) is -1.47. The van der Waals surface area contributed by atoms with Gasteiger partial charge in [-0.2, -0.15) is 0 Å². The van der Waals surface area contributed by atoms with Crippen LogP contribution in [0.3, 0.4) is 0 Å². The number of rotatable bonds is 8. The first kappa shape index (κ1) is 22.7. The van der Waals surface area contributed by atoms with E-state index in [1.807, 2.05) is 24.3 Å². The number of methoxy groups -OCH3 is 1. The number of benzene rings is 2. The standard InChI is InChI=1S/C24H22N4O6/c1-33-15-20-18(22(30)28(26-20)17-10-6-3-7-11-17)12-19-23(31)27(24(32)25-19)13-21(29)34-14-16-8-4-2-5-9-16/h2-12,26H,13-15H2,1H3,(H,25,32)/b19-12-. The fourth-order valence-electron chi connectivity index (χ4n) is 3.43. The number of ether oxygens (including phenoxy) is 2. The zero-order chi connectivity index (χ0) is 24.1. The summed E-state index contributed by atoms with van der Waals surface area (Å²) in [5.41, 5.74) is 1.40. The second kappa shape index (κ2) is 10.0. The number of hydrogen-bond acceptors (Lipinski definition) is 6. The number of aromatic amines is 1. The van der Waals surface area contributed by atoms with E-state index < -0.39 is 30.0 Å². The largest absolute Gasteiger partial charge is 0.459 e. The molecule has 4 rings (SSSR count). The summed E-state index contributed by atoms with van der Waals surface area (Å²) in [6.45, 7) is -0.457. The highest BCUT2D eigenvalue weighted by atomic mass is 16.5. The molecule has 2 aromatic carbocycles. The van der Waals surface area contributed by atoms with Crippen LogP contribution in [0, 0.1) is 0 Å². The molecule has 0 unspecified atom stereocenters. The minimum absolute atomic E-state index is 0.0226. The maximum atomic E-state index is 13.0. The average molecular weight is 462 g/mol. The number of imide groups is 1. The highest BCUT2D eigenvalue weighted by molar-refractivity contribution is 6.15. The lowest BCUT2D eigenvalue weighted by atomic mass is 10.2. The lowest BCUT2D eigenvalue weighted by Gasteiger charge is -2.11. The number of carbonyl (C=O) groups is 3. The number of para-hydroxylation sites is 1. The summed E-state index contributed by atoms with van der Waals surface area (Å²) in [6.07, 6.45) is 1.28. The summed E-state index contributed by atoms with van der Waals surface area (Å²) in [5, 5.41) is 5.38. The third kappa shape index (κ3) is 4.81. The number of urea groups is 1. The Labute approximate surface area is 194 Å². The maximum Gasteiger partial charge on any atom is 0.329 e. The molecule has 1 aliphatic rings. The third-order valence-electron chi connectivity index (χ3n) is 5.09. The summed E-state index contributed by atoms with van der Waals surface area (Å²) in [6, 6.07) is 17.1. The quantitative estimate of drug-likeness (QED) is 0.300. The fraction of sp³-hybridized carbons (Fsp3) is 0.167. The first-order valence-corrected chi connectivity index (χ1v) is 10.4. The van der Waals surface area contributed by atoms with Crippen molar-refractivity contribution in [1.82, 2.24) is 20.0 Å². The van der Waals surface area contributed by atoms with Crippen molar-refractivity contribution < 1.29 is 23.9 Å². The molecule has 2 heterocycles. The topological polar surface area (TPSA) is 123 Å². The number of carbonyl (C=O) groups excluding carboxylic acids is 3. The van der Waals surface area contributed by atoms with Crippen LogP contribution in [0.5, 0.6) is 0 Å². The van der Waals surface area contributed by atoms with E-state index in [1.54, 1.807) is 36.4 Å². The Hall–Kier alpha value is -4.44. The monoisotopic (exact) mass is 462 g/mol. The number of aromatic nitrogens is 2. The molecule has 1 aromatic heterocycles. The SMILES string of the molecule is COCc1[nH]n(-c2ccccc2)c(=O)c1/C=C1\NC(=O)N(CC(=O)OCc2ccccc2)C1=O. The van der Waals surface area contributed by atoms with Gasteiger partial charge in [0.15, 0.2) is 0 Å². The van der Waals surface area contributed by atoms with Crippen LogP contribution in [0.15, 0.2) is 71.2 Å². The predicted octanol–water partition coefficient (Wildman–Crippen LogP) is 1.95. The van der Waals surface area contributed by atoms with Crippen molar-refractivity contribution in [1.29, 1.82) is 0 Å². The van der Waals surface area contributed by atoms with Crippen LogP contribution >= 0.6 is 0 Å². The van der Waals surface area contributed by atoms with Gasteiger partial charge in [-0.25, -0.2) is 14.4 Å². The van der Waals surface area contributed by atoms with Crippen molar-refractivity contribution in [3.63, 3.8) is 0 Å². The minimum Gasteiger partial charge on any atom is -0.459 e. The van der Waals surface area contributed by atoms with E-state index in [0.29, 0.717) is 11.4 Å². The van der Waals surface area contributed by atoms with Crippen LogP contribution in [-0.4, -0.2) is 46.2 Å². The van der Waals surface area contributed by atoms with Crippen LogP contribution in [0.1, 0.15) is 16.8 Å². The van der Waals surface area contributed by atoms with Crippen LogP contribution in [0.4, 0.5) is 4.79 Å². The lowest BCUT2D eigenvalue weighted by molar-refractivity contribution is -0.147. The molecule has 1 fully saturated rings. The van der Waals surface area contributed by atoms with Crippen LogP contribution in [0.25, 0.3) is 11.8 Å². The number of nitrogens with one attached hydrogen (secondary N) is 2. The molecular formula is C24H22N4O6. The predicted molar refractivity (Wildman–Crippen MR) is 122 cm³/mol. The van der Waals surface area contributed by atoms with Crippen LogP contribution < -0.4 is 10.9 Å². The van der Waals surface area contributed by atoms with Crippen molar-refractivity contribution in [3.05, 3.63) is 93.5 Å². The van der Waals surface area contributed by atoms with E-state index in [9.17, 15) is 19.2 Å². The summed E-state index contributed by atoms with van der Waals surface area (Å²) >= 11 is 0. The molecule has 0 aliphatic carbocycles. The van der Waals surface area contributed by atoms with Gasteiger partial charge in [0.05, 0.1) is 23.6 Å². The van der Waals surface area contributed by atoms with Gasteiger partial charge in [-0.1, -0.05) is 48.5 Å². The van der Waals surface area contributed by atoms with Gasteiger partial charge in [0.25, 0.3) is 11.5 Å². The Bertz CT molecular complexity index is 1290. The van der Waals surface area contributed by atoms with Gasteiger partial charge in [0, 0.05) is 7.11 Å². The molecule has 0 saturated carbocycles. The zero-order valence-electron chi connectivity index (χ0n) is 18.3. The molecule has 0 radical (unpaired) electrons. The Kier molecular flexibility index (Phi) is 6.69. The Balaban J connectivity index is 1.53. The number of esters is 1. The van der Waals surface area contributed by atoms with Gasteiger partial charge >= 0.3 is 12.0 Å². The molecule has 0 atom stereocenters. The Morgan fingerprint density at radius 3 is 2.32 bits per heavy atom. The second-order valence-corrected chi connectivity index (χ2v) is 7.44. The lowest BCUT2D eigenvalue weighted by Crippen LogP contribution is -2.36. The van der Waals surface area contributed by atoms with E-state index in [1.165, 1.54) is 17.9 Å². The molecule has 1 saturated heterocycles. The summed E-state index contributed by atoms with van der Waals surface area (Å²) in [4.78, 5) is 51.1. The molecular weight excluding hydrogens is 440 g/mol. The zero-order valence-corrected chi connectivity index (χ0v) is 18.3. The molecule has 1 aliphatic heterocycles. The van der Waals surface area contributed by atoms with Gasteiger partial charge < -0.3 is 14.8 Å². The van der Waals surface area contributed by atoms with E-state index in [-0.39, 0.29) is 24.5 Å². The first-order chi connectivity index (χ1) is 16.5. The van der Waals surface area contributed by atoms with Gasteiger partial charge in [0.1, 0.15) is 18.8 Å². The normalized spacial score (nSPS) is 14.5. The summed E-state index contributed by atoms with van der Waals surface area (Å²) in [7, 11) is 1.47. The summed E-state index contributed by atoms with van der Waals surface area (Å²) < 4.78 is 11.6. The molecule has 3 aromatic rings. The molecule has 34 heavy (non-hydrogen) atoms. The van der Waals surface area contributed by atoms with Crippen LogP contribution in [0.2, 0.25) is 0 Å². The molecule has 174 valence electrons. The van der Waals surface area contributed by atoms with E-state index in [2.05, 4.69) is 10.4 Å². The molecule has 2 N–H and O–H groups in total. The maximum absolute atomic E-state index is 13.0. The van der Waals surface area contributed by atoms with E-state index in [0.717, 1.165) is 10.5 Å². The van der Waals surface area contributed by atoms with E-state index in [4.69, 9.17) is 9.47 Å². The highest BCUT2D eigenvalue weighted by Crippen LogP contribution is 2.16. The average Bonchev–Trinajstić information content (AvgIpc) is 3.30. The van der Waals surface area contributed by atoms with Crippen molar-refractivity contribution in [2.45, 2.75) is 13.2 Å². The Morgan fingerprint density at radius 2 is 1.65 bits per heavy atom. The van der Waals surface area contributed by atoms with Gasteiger partial charge in [0.2, 0.25) is 0 Å². The van der Waals surface area contributed by atoms with E-state index >= 15 is 0 Å². The minimum atomic E-state index is -0.778. The van der Waals surface area contributed by atoms with Crippen LogP contribution in [-0.2, 0) is 32.3 Å². The molecule has 10 heteroatoms. The van der Waals surface area contributed by atoms with Gasteiger partial charge in [-0.3, -0.25) is 19.5 Å². The van der Waals surface area contributed by atoms with Gasteiger partial charge in [-0.05, 0) is 23.8 Å². The Morgan fingerprint density at radius 1 is 0.971 bits per heavy atom. The van der Waals surface area contributed by atoms with Crippen molar-refractivity contribution in [2.24, 2.45) is 0 Å². The fourth-order valence-corrected chi connectivity index (χ4v) is 3.43. The third-order valence-corrected chi connectivity index (χ3v) is 5.09. The first-order valence-electron chi connectivity index (χ1n) is 10.4. The highest BCUT2D eigenvalue weighted by Gasteiger charge is 2.36. The molecule has 0 spiro atoms. The second-order valence-electron chi connectivity index (χ2n) is 7.44. The number of nitrogens with zero attached hydrogens (tertiary/aromatic N) is 2. The van der Waals surface area contributed by atoms with Gasteiger partial charge in [-0.15, -0.1) is 0 Å². The van der Waals surface area contributed by atoms with Crippen molar-refractivity contribution in [3.8, 4) is 5.69 Å².